The minimum Gasteiger partial charge on any atom is -0.507 e. The molecule has 0 unspecified atom stereocenters. The molecule has 0 saturated carbocycles. The zero-order valence-electron chi connectivity index (χ0n) is 13.3. The molecule has 0 aliphatic heterocycles. The molecule has 0 aliphatic carbocycles. The van der Waals surface area contributed by atoms with Crippen LogP contribution in [0, 0.1) is 6.92 Å². The molecule has 4 rings (SSSR count). The van der Waals surface area contributed by atoms with Crippen molar-refractivity contribution < 1.29 is 9.63 Å². The van der Waals surface area contributed by atoms with Gasteiger partial charge in [0.25, 0.3) is 5.88 Å². The van der Waals surface area contributed by atoms with Crippen LogP contribution in [0.1, 0.15) is 17.4 Å². The van der Waals surface area contributed by atoms with Crippen molar-refractivity contribution >= 4 is 43.9 Å². The van der Waals surface area contributed by atoms with Crippen LogP contribution < -0.4 is 0 Å². The van der Waals surface area contributed by atoms with E-state index in [0.29, 0.717) is 5.88 Å². The monoisotopic (exact) mass is 337 g/mol. The van der Waals surface area contributed by atoms with Crippen LogP contribution in [0.4, 0.5) is 11.6 Å². The van der Waals surface area contributed by atoms with Crippen molar-refractivity contribution in [3.63, 3.8) is 0 Å². The second-order valence-electron chi connectivity index (χ2n) is 5.56. The summed E-state index contributed by atoms with van der Waals surface area (Å²) in [5, 5.41) is 24.6. The molecule has 2 aromatic heterocycles. The zero-order chi connectivity index (χ0) is 16.7. The van der Waals surface area contributed by atoms with Gasteiger partial charge in [0.1, 0.15) is 17.0 Å². The largest absolute Gasteiger partial charge is 0.507 e. The van der Waals surface area contributed by atoms with Gasteiger partial charge in [0.15, 0.2) is 0 Å². The molecule has 2 heterocycles. The van der Waals surface area contributed by atoms with Crippen LogP contribution >= 0.6 is 11.3 Å². The molecular weight excluding hydrogens is 322 g/mol. The Balaban J connectivity index is 1.88. The number of phenolic OH excluding ortho intramolecular Hbond substituents is 1. The fraction of sp³-hybridized carbons (Fsp3) is 0.167. The molecule has 0 spiro atoms. The van der Waals surface area contributed by atoms with Crippen molar-refractivity contribution in [3.8, 4) is 5.75 Å². The summed E-state index contributed by atoms with van der Waals surface area (Å²) < 4.78 is 6.24. The summed E-state index contributed by atoms with van der Waals surface area (Å²) in [5.41, 5.74) is 2.49. The first-order valence-corrected chi connectivity index (χ1v) is 8.50. The van der Waals surface area contributed by atoms with E-state index in [1.807, 2.05) is 44.2 Å². The zero-order valence-corrected chi connectivity index (χ0v) is 14.1. The van der Waals surface area contributed by atoms with Crippen LogP contribution in [0.15, 0.2) is 51.1 Å². The molecule has 1 N–H and O–H groups in total. The second-order valence-corrected chi connectivity index (χ2v) is 6.82. The lowest BCUT2D eigenvalue weighted by Gasteiger charge is -2.05. The summed E-state index contributed by atoms with van der Waals surface area (Å²) in [7, 11) is 0. The van der Waals surface area contributed by atoms with Crippen molar-refractivity contribution in [3.05, 3.63) is 46.8 Å². The average molecular weight is 337 g/mol. The number of fused-ring (bicyclic) bond motifs is 2. The molecule has 0 radical (unpaired) electrons. The minimum absolute atomic E-state index is 0.287. The van der Waals surface area contributed by atoms with Gasteiger partial charge in [-0.05, 0) is 43.2 Å². The maximum absolute atomic E-state index is 10.2. The van der Waals surface area contributed by atoms with Crippen LogP contribution in [-0.2, 0) is 6.42 Å². The Morgan fingerprint density at radius 3 is 2.83 bits per heavy atom. The van der Waals surface area contributed by atoms with Crippen molar-refractivity contribution in [2.75, 3.05) is 0 Å². The number of aromatic hydroxyl groups is 1. The van der Waals surface area contributed by atoms with Gasteiger partial charge in [0.05, 0.1) is 10.1 Å². The Morgan fingerprint density at radius 1 is 1.17 bits per heavy atom. The Hall–Kier alpha value is -2.73. The third kappa shape index (κ3) is 2.35. The van der Waals surface area contributed by atoms with Crippen molar-refractivity contribution in [2.45, 2.75) is 20.3 Å². The number of thiophene rings is 1. The number of hydrogen-bond acceptors (Lipinski definition) is 6. The number of hydrogen-bond donors (Lipinski definition) is 1. The summed E-state index contributed by atoms with van der Waals surface area (Å²) in [5.74, 6) is 0.678. The molecule has 6 heteroatoms. The lowest BCUT2D eigenvalue weighted by molar-refractivity contribution is 0.436. The number of rotatable bonds is 3. The third-order valence-electron chi connectivity index (χ3n) is 3.95. The molecule has 4 aromatic rings. The van der Waals surface area contributed by atoms with E-state index in [1.54, 1.807) is 17.4 Å². The highest BCUT2D eigenvalue weighted by atomic mass is 32.1. The molecule has 24 heavy (non-hydrogen) atoms. The van der Waals surface area contributed by atoms with Crippen molar-refractivity contribution in [1.29, 1.82) is 0 Å². The third-order valence-corrected chi connectivity index (χ3v) is 5.01. The number of nitrogens with zero attached hydrogens (tertiary/aromatic N) is 3. The van der Waals surface area contributed by atoms with Crippen LogP contribution in [0.3, 0.4) is 0 Å². The molecule has 5 nitrogen and oxygen atoms in total. The fourth-order valence-electron chi connectivity index (χ4n) is 2.76. The van der Waals surface area contributed by atoms with E-state index in [1.165, 1.54) is 0 Å². The normalized spacial score (nSPS) is 11.9. The fourth-order valence-corrected chi connectivity index (χ4v) is 3.80. The quantitative estimate of drug-likeness (QED) is 0.464. The molecule has 0 saturated heterocycles. The molecule has 0 bridgehead atoms. The highest BCUT2D eigenvalue weighted by molar-refractivity contribution is 7.19. The predicted octanol–water partition coefficient (Wildman–Crippen LogP) is 6.03. The first kappa shape index (κ1) is 14.8. The van der Waals surface area contributed by atoms with Crippen LogP contribution in [0.25, 0.3) is 21.0 Å². The molecular formula is C18H15N3O2S. The SMILES string of the molecule is CCc1cc(O)c2cc(C)sc2c1/N=N/c1onc2ccccc12. The van der Waals surface area contributed by atoms with E-state index in [-0.39, 0.29) is 5.75 Å². The maximum atomic E-state index is 10.2. The van der Waals surface area contributed by atoms with Gasteiger partial charge in [-0.1, -0.05) is 24.2 Å². The Labute approximate surface area is 142 Å². The van der Waals surface area contributed by atoms with E-state index in [2.05, 4.69) is 15.4 Å². The lowest BCUT2D eigenvalue weighted by Crippen LogP contribution is -1.82. The number of azo groups is 1. The van der Waals surface area contributed by atoms with Gasteiger partial charge in [0.2, 0.25) is 0 Å². The highest BCUT2D eigenvalue weighted by Gasteiger charge is 2.14. The van der Waals surface area contributed by atoms with Crippen LogP contribution in [-0.4, -0.2) is 10.3 Å². The van der Waals surface area contributed by atoms with Gasteiger partial charge in [-0.2, -0.15) is 0 Å². The molecule has 0 aliphatic rings. The second kappa shape index (κ2) is 5.72. The van der Waals surface area contributed by atoms with Crippen molar-refractivity contribution in [1.82, 2.24) is 5.16 Å². The lowest BCUT2D eigenvalue weighted by atomic mass is 10.1. The first-order chi connectivity index (χ1) is 11.7. The molecule has 0 atom stereocenters. The van der Waals surface area contributed by atoms with E-state index >= 15 is 0 Å². The van der Waals surface area contributed by atoms with Gasteiger partial charge >= 0.3 is 0 Å². The number of aryl methyl sites for hydroxylation is 2. The van der Waals surface area contributed by atoms with Crippen molar-refractivity contribution in [2.24, 2.45) is 10.2 Å². The van der Waals surface area contributed by atoms with Gasteiger partial charge in [-0.25, -0.2) is 0 Å². The van der Waals surface area contributed by atoms with Gasteiger partial charge in [-0.15, -0.1) is 21.6 Å². The highest BCUT2D eigenvalue weighted by Crippen LogP contribution is 2.42. The number of aromatic nitrogens is 1. The van der Waals surface area contributed by atoms with Gasteiger partial charge in [0, 0.05) is 10.3 Å². The summed E-state index contributed by atoms with van der Waals surface area (Å²) in [6.45, 7) is 4.05. The summed E-state index contributed by atoms with van der Waals surface area (Å²) in [6.07, 6.45) is 0.756. The van der Waals surface area contributed by atoms with Crippen LogP contribution in [0.5, 0.6) is 5.75 Å². The molecule has 120 valence electrons. The number of benzene rings is 2. The van der Waals surface area contributed by atoms with Gasteiger partial charge < -0.3 is 9.63 Å². The Bertz CT molecular complexity index is 1080. The predicted molar refractivity (Wildman–Crippen MR) is 95.8 cm³/mol. The topological polar surface area (TPSA) is 71.0 Å². The smallest absolute Gasteiger partial charge is 0.277 e. The molecule has 0 amide bonds. The summed E-state index contributed by atoms with van der Waals surface area (Å²) >= 11 is 1.60. The van der Waals surface area contributed by atoms with E-state index < -0.39 is 0 Å². The van der Waals surface area contributed by atoms with E-state index in [4.69, 9.17) is 4.52 Å². The van der Waals surface area contributed by atoms with Crippen LogP contribution in [0.2, 0.25) is 0 Å². The molecule has 2 aromatic carbocycles. The van der Waals surface area contributed by atoms with E-state index in [0.717, 1.165) is 43.5 Å². The summed E-state index contributed by atoms with van der Waals surface area (Å²) in [6, 6.07) is 11.3. The first-order valence-electron chi connectivity index (χ1n) is 7.68. The summed E-state index contributed by atoms with van der Waals surface area (Å²) in [4.78, 5) is 1.12. The Morgan fingerprint density at radius 2 is 2.00 bits per heavy atom. The number of phenols is 1. The van der Waals surface area contributed by atoms with E-state index in [9.17, 15) is 5.11 Å². The maximum Gasteiger partial charge on any atom is 0.277 e. The van der Waals surface area contributed by atoms with Gasteiger partial charge in [-0.3, -0.25) is 0 Å². The Kier molecular flexibility index (Phi) is 3.54. The minimum atomic E-state index is 0.287. The molecule has 0 fully saturated rings. The standard InChI is InChI=1S/C18H15N3O2S/c1-3-11-9-15(22)13-8-10(2)24-17(13)16(11)19-20-18-12-6-4-5-7-14(12)21-23-18/h4-9,22H,3H2,1-2H3/b20-19+. The average Bonchev–Trinajstić information content (AvgIpc) is 3.17.